The third kappa shape index (κ3) is 28.5. The highest BCUT2D eigenvalue weighted by atomic mass is 35.5. The lowest BCUT2D eigenvalue weighted by atomic mass is 10.0. The maximum Gasteiger partial charge on any atom is 0.692 e. The molecule has 0 heterocycles. The van der Waals surface area contributed by atoms with Crippen LogP contribution in [0.25, 0.3) is 0 Å². The minimum atomic E-state index is -2.87. The van der Waals surface area contributed by atoms with Crippen LogP contribution in [0.3, 0.4) is 0 Å². The van der Waals surface area contributed by atoms with Gasteiger partial charge in [-0.05, 0) is 12.8 Å². The number of hydrogen-bond donors (Lipinski definition) is 2. The number of unbranched alkanes of at least 4 members (excludes halogenated alkanes) is 10. The van der Waals surface area contributed by atoms with Gasteiger partial charge in [0, 0.05) is 9.94 Å². The summed E-state index contributed by atoms with van der Waals surface area (Å²) in [5.74, 6) is 0. The van der Waals surface area contributed by atoms with E-state index in [2.05, 4.69) is 13.8 Å². The molecule has 0 unspecified atom stereocenters. The van der Waals surface area contributed by atoms with E-state index in [0.29, 0.717) is 5.38 Å². The summed E-state index contributed by atoms with van der Waals surface area (Å²) in [6.07, 6.45) is 19.1. The molecule has 134 valence electrons. The topological polar surface area (TPSA) is 57.5 Å². The van der Waals surface area contributed by atoms with Crippen molar-refractivity contribution in [1.29, 1.82) is 0 Å². The molecule has 0 radical (unpaired) electrons. The first kappa shape index (κ1) is 24.6. The summed E-state index contributed by atoms with van der Waals surface area (Å²) in [6, 6.07) is 0. The lowest BCUT2D eigenvalue weighted by Gasteiger charge is -2.09. The van der Waals surface area contributed by atoms with Crippen molar-refractivity contribution >= 4 is 19.9 Å². The standard InChI is InChI=1S/C17H35Cl.HO3P/c1-3-5-7-9-11-13-15-17(18)16-14-12-10-8-6-4-2;1-4(2)3/h17H,3-16H2,1-2H3;(H-,1,2,3)/p+1. The van der Waals surface area contributed by atoms with Gasteiger partial charge < -0.3 is 0 Å². The van der Waals surface area contributed by atoms with Gasteiger partial charge in [-0.2, -0.15) is 0 Å². The van der Waals surface area contributed by atoms with E-state index >= 15 is 0 Å². The summed E-state index contributed by atoms with van der Waals surface area (Å²) in [4.78, 5) is 14.2. The first-order chi connectivity index (χ1) is 10.5. The SMILES string of the molecule is CCCCCCCCC(Cl)CCCCCCCC.O=[P+](O)O. The molecular formula is C17H37ClO3P+. The first-order valence-corrected chi connectivity index (χ1v) is 10.6. The molecule has 0 atom stereocenters. The fourth-order valence-electron chi connectivity index (χ4n) is 2.44. The van der Waals surface area contributed by atoms with E-state index in [9.17, 15) is 0 Å². The van der Waals surface area contributed by atoms with Gasteiger partial charge in [0.05, 0.1) is 0 Å². The molecule has 0 fully saturated rings. The van der Waals surface area contributed by atoms with Gasteiger partial charge >= 0.3 is 8.25 Å². The number of halogens is 1. The molecule has 0 aliphatic rings. The zero-order chi connectivity index (χ0) is 17.1. The fourth-order valence-corrected chi connectivity index (χ4v) is 2.75. The highest BCUT2D eigenvalue weighted by Crippen LogP contribution is 2.17. The van der Waals surface area contributed by atoms with Crippen molar-refractivity contribution in [2.45, 2.75) is 109 Å². The van der Waals surface area contributed by atoms with Gasteiger partial charge in [0.15, 0.2) is 0 Å². The predicted octanol–water partition coefficient (Wildman–Crippen LogP) is 6.72. The van der Waals surface area contributed by atoms with E-state index in [1.807, 2.05) is 0 Å². The molecule has 0 spiro atoms. The van der Waals surface area contributed by atoms with Crippen LogP contribution in [0, 0.1) is 0 Å². The summed E-state index contributed by atoms with van der Waals surface area (Å²) in [5.41, 5.74) is 0. The lowest BCUT2D eigenvalue weighted by Crippen LogP contribution is -1.98. The van der Waals surface area contributed by atoms with Crippen LogP contribution in [0.1, 0.15) is 104 Å². The Kier molecular flexibility index (Phi) is 23.8. The molecule has 0 aliphatic heterocycles. The van der Waals surface area contributed by atoms with Gasteiger partial charge in [-0.3, -0.25) is 0 Å². The molecule has 0 rings (SSSR count). The molecule has 0 aromatic heterocycles. The van der Waals surface area contributed by atoms with Gasteiger partial charge in [0.1, 0.15) is 0 Å². The highest BCUT2D eigenvalue weighted by molar-refractivity contribution is 7.30. The molecular weight excluding hydrogens is 319 g/mol. The Balaban J connectivity index is 0. The van der Waals surface area contributed by atoms with Crippen molar-refractivity contribution in [3.63, 3.8) is 0 Å². The quantitative estimate of drug-likeness (QED) is 0.206. The summed E-state index contributed by atoms with van der Waals surface area (Å²) >= 11 is 6.36. The summed E-state index contributed by atoms with van der Waals surface area (Å²) in [7, 11) is -2.87. The molecule has 0 saturated carbocycles. The first-order valence-electron chi connectivity index (χ1n) is 9.03. The smallest absolute Gasteiger partial charge is 0.134 e. The highest BCUT2D eigenvalue weighted by Gasteiger charge is 2.03. The van der Waals surface area contributed by atoms with Crippen LogP contribution < -0.4 is 0 Å². The minimum absolute atomic E-state index is 0.447. The van der Waals surface area contributed by atoms with E-state index in [1.165, 1.54) is 89.9 Å². The molecule has 5 heteroatoms. The Bertz CT molecular complexity index is 208. The Labute approximate surface area is 143 Å². The largest absolute Gasteiger partial charge is 0.692 e. The molecule has 2 N–H and O–H groups in total. The van der Waals surface area contributed by atoms with Crippen LogP contribution in [0.5, 0.6) is 0 Å². The van der Waals surface area contributed by atoms with Crippen molar-refractivity contribution < 1.29 is 14.4 Å². The van der Waals surface area contributed by atoms with Crippen molar-refractivity contribution in [3.05, 3.63) is 0 Å². The van der Waals surface area contributed by atoms with E-state index in [0.717, 1.165) is 0 Å². The lowest BCUT2D eigenvalue weighted by molar-refractivity contribution is 0.405. The minimum Gasteiger partial charge on any atom is -0.134 e. The second-order valence-corrected chi connectivity index (χ2v) is 7.09. The Hall–Kier alpha value is 0.310. The Morgan fingerprint density at radius 2 is 1.00 bits per heavy atom. The number of alkyl halides is 1. The van der Waals surface area contributed by atoms with Crippen LogP contribution in [0.4, 0.5) is 0 Å². The normalized spacial score (nSPS) is 10.5. The van der Waals surface area contributed by atoms with Gasteiger partial charge in [-0.1, -0.05) is 90.9 Å². The Morgan fingerprint density at radius 1 is 0.727 bits per heavy atom. The molecule has 22 heavy (non-hydrogen) atoms. The molecule has 0 aliphatic carbocycles. The zero-order valence-electron chi connectivity index (χ0n) is 14.6. The van der Waals surface area contributed by atoms with Gasteiger partial charge in [-0.25, -0.2) is 0 Å². The third-order valence-corrected chi connectivity index (χ3v) is 4.18. The van der Waals surface area contributed by atoms with E-state index < -0.39 is 8.25 Å². The van der Waals surface area contributed by atoms with Crippen LogP contribution in [-0.4, -0.2) is 15.2 Å². The zero-order valence-corrected chi connectivity index (χ0v) is 16.3. The van der Waals surface area contributed by atoms with E-state index in [1.54, 1.807) is 0 Å². The second-order valence-electron chi connectivity index (χ2n) is 5.96. The predicted molar refractivity (Wildman–Crippen MR) is 97.7 cm³/mol. The van der Waals surface area contributed by atoms with Crippen molar-refractivity contribution in [2.24, 2.45) is 0 Å². The van der Waals surface area contributed by atoms with Crippen LogP contribution in [0.15, 0.2) is 0 Å². The molecule has 0 bridgehead atoms. The molecule has 0 aromatic rings. The van der Waals surface area contributed by atoms with Crippen LogP contribution in [-0.2, 0) is 4.57 Å². The number of hydrogen-bond acceptors (Lipinski definition) is 1. The average molecular weight is 356 g/mol. The van der Waals surface area contributed by atoms with Crippen molar-refractivity contribution in [2.75, 3.05) is 0 Å². The molecule has 0 aromatic carbocycles. The summed E-state index contributed by atoms with van der Waals surface area (Å²) in [5, 5.41) is 0.447. The third-order valence-electron chi connectivity index (χ3n) is 3.74. The van der Waals surface area contributed by atoms with E-state index in [4.69, 9.17) is 26.0 Å². The Morgan fingerprint density at radius 3 is 1.32 bits per heavy atom. The van der Waals surface area contributed by atoms with Crippen molar-refractivity contribution in [1.82, 2.24) is 0 Å². The summed E-state index contributed by atoms with van der Waals surface area (Å²) in [6.45, 7) is 4.55. The molecule has 0 amide bonds. The fraction of sp³-hybridized carbons (Fsp3) is 1.00. The van der Waals surface area contributed by atoms with Gasteiger partial charge in [0.25, 0.3) is 0 Å². The maximum absolute atomic E-state index is 8.70. The van der Waals surface area contributed by atoms with Gasteiger partial charge in [-0.15, -0.1) is 21.4 Å². The van der Waals surface area contributed by atoms with Crippen molar-refractivity contribution in [3.8, 4) is 0 Å². The van der Waals surface area contributed by atoms with Crippen LogP contribution >= 0.6 is 19.9 Å². The second kappa shape index (κ2) is 21.3. The monoisotopic (exact) mass is 355 g/mol. The van der Waals surface area contributed by atoms with Crippen LogP contribution in [0.2, 0.25) is 0 Å². The van der Waals surface area contributed by atoms with Gasteiger partial charge in [0.2, 0.25) is 0 Å². The maximum atomic E-state index is 8.70. The average Bonchev–Trinajstić information content (AvgIpc) is 2.46. The molecule has 3 nitrogen and oxygen atoms in total. The summed E-state index contributed by atoms with van der Waals surface area (Å²) < 4.78 is 8.70. The number of rotatable bonds is 14. The van der Waals surface area contributed by atoms with E-state index in [-0.39, 0.29) is 0 Å². The molecule has 0 saturated heterocycles.